The van der Waals surface area contributed by atoms with Crippen molar-refractivity contribution in [1.82, 2.24) is 19.2 Å². The van der Waals surface area contributed by atoms with Gasteiger partial charge in [-0.2, -0.15) is 5.10 Å². The number of carboxylic acids is 1. The molecule has 0 spiro atoms. The smallest absolute Gasteiger partial charge is 0.305 e. The van der Waals surface area contributed by atoms with Crippen molar-refractivity contribution in [2.75, 3.05) is 13.6 Å². The highest BCUT2D eigenvalue weighted by molar-refractivity contribution is 5.97. The van der Waals surface area contributed by atoms with E-state index in [4.69, 9.17) is 5.11 Å². The van der Waals surface area contributed by atoms with Crippen molar-refractivity contribution in [2.24, 2.45) is 7.05 Å². The molecule has 0 aliphatic carbocycles. The molecule has 0 aliphatic heterocycles. The third-order valence-electron chi connectivity index (χ3n) is 2.99. The zero-order valence-corrected chi connectivity index (χ0v) is 11.4. The maximum absolute atomic E-state index is 12.4. The number of carboxylic acid groups (broad SMARTS) is 1. The van der Waals surface area contributed by atoms with Crippen LogP contribution in [0.5, 0.6) is 0 Å². The molecular weight excluding hydrogens is 260 g/mol. The highest BCUT2D eigenvalue weighted by Gasteiger charge is 2.20. The first-order valence-corrected chi connectivity index (χ1v) is 6.13. The molecule has 7 nitrogen and oxygen atoms in total. The van der Waals surface area contributed by atoms with E-state index in [0.717, 1.165) is 0 Å². The van der Waals surface area contributed by atoms with E-state index < -0.39 is 5.97 Å². The van der Waals surface area contributed by atoms with Crippen LogP contribution in [0.4, 0.5) is 0 Å². The van der Waals surface area contributed by atoms with Crippen LogP contribution in [-0.4, -0.2) is 49.8 Å². The molecule has 0 bridgehead atoms. The van der Waals surface area contributed by atoms with Crippen LogP contribution in [0.3, 0.4) is 0 Å². The van der Waals surface area contributed by atoms with Crippen molar-refractivity contribution in [3.8, 4) is 5.82 Å². The van der Waals surface area contributed by atoms with Crippen molar-refractivity contribution >= 4 is 11.9 Å². The molecule has 0 atom stereocenters. The number of nitrogens with zero attached hydrogens (tertiary/aromatic N) is 4. The number of rotatable bonds is 5. The molecule has 2 aromatic rings. The number of aliphatic carboxylic acids is 1. The summed E-state index contributed by atoms with van der Waals surface area (Å²) < 4.78 is 3.41. The maximum Gasteiger partial charge on any atom is 0.305 e. The number of aromatic nitrogens is 3. The van der Waals surface area contributed by atoms with Crippen molar-refractivity contribution < 1.29 is 14.7 Å². The molecule has 0 aliphatic rings. The zero-order chi connectivity index (χ0) is 14.7. The first kappa shape index (κ1) is 13.9. The summed E-state index contributed by atoms with van der Waals surface area (Å²) in [5.74, 6) is -0.522. The van der Waals surface area contributed by atoms with Gasteiger partial charge in [-0.3, -0.25) is 14.3 Å². The summed E-state index contributed by atoms with van der Waals surface area (Å²) in [5, 5.41) is 12.8. The second kappa shape index (κ2) is 5.60. The SMILES string of the molecule is CN(CCC(=O)O)C(=O)c1cnn(C)c1-n1cccc1. The second-order valence-corrected chi connectivity index (χ2v) is 4.47. The van der Waals surface area contributed by atoms with Gasteiger partial charge in [0.15, 0.2) is 0 Å². The van der Waals surface area contributed by atoms with E-state index in [9.17, 15) is 9.59 Å². The monoisotopic (exact) mass is 276 g/mol. The first-order chi connectivity index (χ1) is 9.50. The van der Waals surface area contributed by atoms with E-state index in [2.05, 4.69) is 5.10 Å². The van der Waals surface area contributed by atoms with Gasteiger partial charge in [0.25, 0.3) is 5.91 Å². The normalized spacial score (nSPS) is 10.5. The Bertz CT molecular complexity index is 616. The van der Waals surface area contributed by atoms with Gasteiger partial charge in [-0.1, -0.05) is 0 Å². The number of aryl methyl sites for hydroxylation is 1. The van der Waals surface area contributed by atoms with E-state index in [1.54, 1.807) is 23.3 Å². The first-order valence-electron chi connectivity index (χ1n) is 6.13. The minimum absolute atomic E-state index is 0.0820. The summed E-state index contributed by atoms with van der Waals surface area (Å²) in [4.78, 5) is 24.3. The molecular formula is C13H16N4O3. The zero-order valence-electron chi connectivity index (χ0n) is 11.4. The lowest BCUT2D eigenvalue weighted by Gasteiger charge is -2.16. The quantitative estimate of drug-likeness (QED) is 0.874. The Hall–Kier alpha value is -2.57. The summed E-state index contributed by atoms with van der Waals surface area (Å²) >= 11 is 0. The van der Waals surface area contributed by atoms with E-state index in [0.29, 0.717) is 11.4 Å². The molecule has 1 amide bonds. The molecule has 0 aromatic carbocycles. The van der Waals surface area contributed by atoms with Crippen LogP contribution in [0.2, 0.25) is 0 Å². The fourth-order valence-corrected chi connectivity index (χ4v) is 1.93. The van der Waals surface area contributed by atoms with E-state index in [1.807, 2.05) is 24.5 Å². The number of amides is 1. The fourth-order valence-electron chi connectivity index (χ4n) is 1.93. The topological polar surface area (TPSA) is 80.4 Å². The van der Waals surface area contributed by atoms with Crippen LogP contribution in [0.1, 0.15) is 16.8 Å². The van der Waals surface area contributed by atoms with Crippen LogP contribution in [-0.2, 0) is 11.8 Å². The van der Waals surface area contributed by atoms with Gasteiger partial charge in [0.05, 0.1) is 12.6 Å². The number of carbonyl (C=O) groups excluding carboxylic acids is 1. The summed E-state index contributed by atoms with van der Waals surface area (Å²) in [7, 11) is 3.33. The third kappa shape index (κ3) is 2.71. The lowest BCUT2D eigenvalue weighted by Crippen LogP contribution is -2.29. The van der Waals surface area contributed by atoms with Crippen LogP contribution in [0.15, 0.2) is 30.7 Å². The molecule has 0 fully saturated rings. The summed E-state index contributed by atoms with van der Waals surface area (Å²) in [6.45, 7) is 0.161. The Kier molecular flexibility index (Phi) is 3.88. The molecule has 0 unspecified atom stereocenters. The molecule has 2 aromatic heterocycles. The Labute approximate surface area is 116 Å². The van der Waals surface area contributed by atoms with Gasteiger partial charge in [-0.05, 0) is 12.1 Å². The number of hydrogen-bond acceptors (Lipinski definition) is 3. The molecule has 20 heavy (non-hydrogen) atoms. The van der Waals surface area contributed by atoms with Gasteiger partial charge in [-0.15, -0.1) is 0 Å². The van der Waals surface area contributed by atoms with E-state index in [-0.39, 0.29) is 18.9 Å². The van der Waals surface area contributed by atoms with E-state index >= 15 is 0 Å². The maximum atomic E-state index is 12.4. The van der Waals surface area contributed by atoms with Crippen molar-refractivity contribution in [3.05, 3.63) is 36.3 Å². The van der Waals surface area contributed by atoms with Gasteiger partial charge >= 0.3 is 5.97 Å². The van der Waals surface area contributed by atoms with Crippen molar-refractivity contribution in [3.63, 3.8) is 0 Å². The molecule has 0 saturated heterocycles. The number of hydrogen-bond donors (Lipinski definition) is 1. The summed E-state index contributed by atoms with van der Waals surface area (Å²) in [6.07, 6.45) is 5.06. The lowest BCUT2D eigenvalue weighted by molar-refractivity contribution is -0.137. The fraction of sp³-hybridized carbons (Fsp3) is 0.308. The molecule has 0 saturated carbocycles. The Balaban J connectivity index is 2.25. The summed E-state index contributed by atoms with van der Waals surface area (Å²) in [6, 6.07) is 3.71. The lowest BCUT2D eigenvalue weighted by atomic mass is 10.2. The Morgan fingerprint density at radius 3 is 2.60 bits per heavy atom. The minimum atomic E-state index is -0.929. The van der Waals surface area contributed by atoms with Crippen LogP contribution in [0.25, 0.3) is 5.82 Å². The second-order valence-electron chi connectivity index (χ2n) is 4.47. The Morgan fingerprint density at radius 1 is 1.35 bits per heavy atom. The average molecular weight is 276 g/mol. The highest BCUT2D eigenvalue weighted by atomic mass is 16.4. The summed E-state index contributed by atoms with van der Waals surface area (Å²) in [5.41, 5.74) is 0.441. The van der Waals surface area contributed by atoms with Crippen molar-refractivity contribution in [2.45, 2.75) is 6.42 Å². The Morgan fingerprint density at radius 2 is 2.00 bits per heavy atom. The molecule has 2 heterocycles. The van der Waals surface area contributed by atoms with Gasteiger partial charge < -0.3 is 14.6 Å². The average Bonchev–Trinajstić information content (AvgIpc) is 3.03. The van der Waals surface area contributed by atoms with Gasteiger partial charge in [-0.25, -0.2) is 0 Å². The third-order valence-corrected chi connectivity index (χ3v) is 2.99. The molecule has 0 radical (unpaired) electrons. The molecule has 2 rings (SSSR count). The molecule has 7 heteroatoms. The van der Waals surface area contributed by atoms with Gasteiger partial charge in [0.2, 0.25) is 0 Å². The van der Waals surface area contributed by atoms with E-state index in [1.165, 1.54) is 11.1 Å². The predicted molar refractivity (Wildman–Crippen MR) is 71.7 cm³/mol. The predicted octanol–water partition coefficient (Wildman–Crippen LogP) is 0.757. The molecule has 106 valence electrons. The van der Waals surface area contributed by atoms with Crippen molar-refractivity contribution in [1.29, 1.82) is 0 Å². The standard InChI is InChI=1S/C13H16N4O3/c1-15(8-5-11(18)19)13(20)10-9-14-16(2)12(10)17-6-3-4-7-17/h3-4,6-7,9H,5,8H2,1-2H3,(H,18,19). The van der Waals surface area contributed by atoms with Crippen LogP contribution in [0, 0.1) is 0 Å². The van der Waals surface area contributed by atoms with Crippen LogP contribution >= 0.6 is 0 Å². The van der Waals surface area contributed by atoms with Gasteiger partial charge in [0.1, 0.15) is 11.4 Å². The highest BCUT2D eigenvalue weighted by Crippen LogP contribution is 2.15. The molecule has 1 N–H and O–H groups in total. The van der Waals surface area contributed by atoms with Gasteiger partial charge in [0, 0.05) is 33.0 Å². The van der Waals surface area contributed by atoms with Crippen LogP contribution < -0.4 is 0 Å². The largest absolute Gasteiger partial charge is 0.481 e. The number of carbonyl (C=O) groups is 2. The minimum Gasteiger partial charge on any atom is -0.481 e.